The van der Waals surface area contributed by atoms with Gasteiger partial charge in [0, 0.05) is 0 Å². The summed E-state index contributed by atoms with van der Waals surface area (Å²) >= 11 is 2.33. The van der Waals surface area contributed by atoms with Gasteiger partial charge in [-0.2, -0.15) is 0 Å². The summed E-state index contributed by atoms with van der Waals surface area (Å²) < 4.78 is 5.98. The van der Waals surface area contributed by atoms with Crippen LogP contribution in [0.4, 0.5) is 0 Å². The molecule has 2 heteroatoms. The van der Waals surface area contributed by atoms with Gasteiger partial charge in [0.05, 0.1) is 0 Å². The van der Waals surface area contributed by atoms with Crippen molar-refractivity contribution in [2.24, 2.45) is 0 Å². The van der Waals surface area contributed by atoms with E-state index in [-0.39, 0.29) is 0 Å². The van der Waals surface area contributed by atoms with E-state index < -0.39 is 0 Å². The highest BCUT2D eigenvalue weighted by Gasteiger charge is 2.15. The summed E-state index contributed by atoms with van der Waals surface area (Å²) in [6.07, 6.45) is 2.29. The molecule has 1 aliphatic rings. The Morgan fingerprint density at radius 3 is 2.77 bits per heavy atom. The van der Waals surface area contributed by atoms with E-state index in [1.165, 1.54) is 5.56 Å². The molecule has 2 rings (SSSR count). The van der Waals surface area contributed by atoms with Gasteiger partial charge in [0.25, 0.3) is 0 Å². The Hall–Kier alpha value is -0.250. The Labute approximate surface area is 93.6 Å². The smallest absolute Gasteiger partial charge is 0.149 e. The molecule has 1 aromatic carbocycles. The van der Waals surface area contributed by atoms with Gasteiger partial charge in [-0.1, -0.05) is 32.0 Å². The minimum absolute atomic E-state index is 0.363. The van der Waals surface area contributed by atoms with Gasteiger partial charge in [-0.3, -0.25) is 0 Å². The first-order chi connectivity index (χ1) is 6.36. The molecule has 0 spiro atoms. The van der Waals surface area contributed by atoms with Crippen LogP contribution in [0.15, 0.2) is 24.3 Å². The van der Waals surface area contributed by atoms with Gasteiger partial charge in [0.15, 0.2) is 0 Å². The normalized spacial score (nSPS) is 19.2. The van der Waals surface area contributed by atoms with Crippen molar-refractivity contribution in [1.29, 1.82) is 0 Å². The van der Waals surface area contributed by atoms with E-state index in [4.69, 9.17) is 4.74 Å². The van der Waals surface area contributed by atoms with E-state index in [2.05, 4.69) is 34.7 Å². The molecule has 1 aromatic rings. The van der Waals surface area contributed by atoms with Gasteiger partial charge < -0.3 is 4.74 Å². The zero-order valence-corrected chi connectivity index (χ0v) is 10.2. The standard InChI is InChI=1S/C9H9IO.C2H6/c10-9-6-5-7-3-1-2-4-8(7)11-9;1-2/h1-4,9H,5-6H2;1-2H3. The summed E-state index contributed by atoms with van der Waals surface area (Å²) in [5.74, 6) is 1.07. The molecule has 0 aromatic heterocycles. The maximum absolute atomic E-state index is 5.62. The zero-order chi connectivity index (χ0) is 9.68. The van der Waals surface area contributed by atoms with Gasteiger partial charge in [0.1, 0.15) is 9.86 Å². The van der Waals surface area contributed by atoms with Crippen LogP contribution < -0.4 is 4.74 Å². The number of para-hydroxylation sites is 1. The third-order valence-corrected chi connectivity index (χ3v) is 2.75. The third kappa shape index (κ3) is 2.86. The topological polar surface area (TPSA) is 9.23 Å². The van der Waals surface area contributed by atoms with Crippen LogP contribution in [0.1, 0.15) is 25.8 Å². The van der Waals surface area contributed by atoms with Crippen molar-refractivity contribution in [3.63, 3.8) is 0 Å². The average molecular weight is 290 g/mol. The molecule has 1 heterocycles. The molecule has 0 radical (unpaired) electrons. The van der Waals surface area contributed by atoms with Crippen LogP contribution in [0.2, 0.25) is 0 Å². The second-order valence-electron chi connectivity index (χ2n) is 2.67. The lowest BCUT2D eigenvalue weighted by Crippen LogP contribution is -2.15. The van der Waals surface area contributed by atoms with Crippen LogP contribution in [0.25, 0.3) is 0 Å². The monoisotopic (exact) mass is 290 g/mol. The summed E-state index contributed by atoms with van der Waals surface area (Å²) in [6, 6.07) is 8.27. The predicted octanol–water partition coefficient (Wildman–Crippen LogP) is 3.80. The molecule has 72 valence electrons. The Morgan fingerprint density at radius 2 is 2.00 bits per heavy atom. The molecule has 13 heavy (non-hydrogen) atoms. The van der Waals surface area contributed by atoms with Crippen LogP contribution in [0, 0.1) is 0 Å². The molecule has 1 nitrogen and oxygen atoms in total. The van der Waals surface area contributed by atoms with Crippen LogP contribution >= 0.6 is 22.6 Å². The second kappa shape index (κ2) is 5.47. The van der Waals surface area contributed by atoms with E-state index in [0.717, 1.165) is 18.6 Å². The number of aryl methyl sites for hydroxylation is 1. The number of benzene rings is 1. The van der Waals surface area contributed by atoms with Crippen molar-refractivity contribution in [2.45, 2.75) is 30.8 Å². The fourth-order valence-electron chi connectivity index (χ4n) is 1.29. The largest absolute Gasteiger partial charge is 0.480 e. The van der Waals surface area contributed by atoms with Crippen LogP contribution in [-0.2, 0) is 6.42 Å². The fourth-order valence-corrected chi connectivity index (χ4v) is 1.88. The first-order valence-electron chi connectivity index (χ1n) is 4.75. The summed E-state index contributed by atoms with van der Waals surface area (Å²) in [5.41, 5.74) is 1.35. The maximum atomic E-state index is 5.62. The fraction of sp³-hybridized carbons (Fsp3) is 0.455. The number of rotatable bonds is 0. The Morgan fingerprint density at radius 1 is 1.31 bits per heavy atom. The van der Waals surface area contributed by atoms with Gasteiger partial charge >= 0.3 is 0 Å². The van der Waals surface area contributed by atoms with Gasteiger partial charge in [-0.15, -0.1) is 0 Å². The van der Waals surface area contributed by atoms with Crippen molar-refractivity contribution in [3.8, 4) is 5.75 Å². The molecule has 0 amide bonds. The third-order valence-electron chi connectivity index (χ3n) is 1.87. The number of fused-ring (bicyclic) bond motifs is 1. The van der Waals surface area contributed by atoms with E-state index in [1.54, 1.807) is 0 Å². The van der Waals surface area contributed by atoms with E-state index >= 15 is 0 Å². The van der Waals surface area contributed by atoms with Crippen LogP contribution in [-0.4, -0.2) is 4.11 Å². The van der Waals surface area contributed by atoms with Crippen LogP contribution in [0.5, 0.6) is 5.75 Å². The second-order valence-corrected chi connectivity index (χ2v) is 4.06. The maximum Gasteiger partial charge on any atom is 0.149 e. The van der Waals surface area contributed by atoms with Crippen molar-refractivity contribution in [3.05, 3.63) is 29.8 Å². The SMILES string of the molecule is CC.IC1CCc2ccccc2O1. The molecule has 0 bridgehead atoms. The summed E-state index contributed by atoms with van der Waals surface area (Å²) in [5, 5.41) is 0. The number of halogens is 1. The highest BCUT2D eigenvalue weighted by atomic mass is 127. The lowest BCUT2D eigenvalue weighted by Gasteiger charge is -2.21. The molecule has 0 saturated heterocycles. The summed E-state index contributed by atoms with van der Waals surface area (Å²) in [7, 11) is 0. The molecule has 0 saturated carbocycles. The average Bonchev–Trinajstić information content (AvgIpc) is 2.21. The lowest BCUT2D eigenvalue weighted by atomic mass is 10.1. The summed E-state index contributed by atoms with van der Waals surface area (Å²) in [6.45, 7) is 4.00. The molecule has 0 fully saturated rings. The van der Waals surface area contributed by atoms with Crippen molar-refractivity contribution >= 4 is 22.6 Å². The molecular formula is C11H15IO. The zero-order valence-electron chi connectivity index (χ0n) is 8.09. The van der Waals surface area contributed by atoms with Crippen LogP contribution in [0.3, 0.4) is 0 Å². The first-order valence-corrected chi connectivity index (χ1v) is 5.99. The highest BCUT2D eigenvalue weighted by Crippen LogP contribution is 2.28. The first kappa shape index (κ1) is 10.8. The number of hydrogen-bond acceptors (Lipinski definition) is 1. The summed E-state index contributed by atoms with van der Waals surface area (Å²) in [4.78, 5) is 0. The molecular weight excluding hydrogens is 275 g/mol. The minimum Gasteiger partial charge on any atom is -0.480 e. The van der Waals surface area contributed by atoms with E-state index in [9.17, 15) is 0 Å². The van der Waals surface area contributed by atoms with Crippen molar-refractivity contribution in [2.75, 3.05) is 0 Å². The Balaban J connectivity index is 0.000000396. The van der Waals surface area contributed by atoms with Gasteiger partial charge in [-0.05, 0) is 47.1 Å². The lowest BCUT2D eigenvalue weighted by molar-refractivity contribution is 0.270. The van der Waals surface area contributed by atoms with Crippen molar-refractivity contribution < 1.29 is 4.74 Å². The molecule has 0 aliphatic carbocycles. The van der Waals surface area contributed by atoms with Gasteiger partial charge in [0.2, 0.25) is 0 Å². The molecule has 0 N–H and O–H groups in total. The molecule has 1 unspecified atom stereocenters. The van der Waals surface area contributed by atoms with Gasteiger partial charge in [-0.25, -0.2) is 0 Å². The van der Waals surface area contributed by atoms with E-state index in [1.807, 2.05) is 26.0 Å². The number of hydrogen-bond donors (Lipinski definition) is 0. The Bertz CT molecular complexity index is 260. The minimum atomic E-state index is 0.363. The van der Waals surface area contributed by atoms with Crippen molar-refractivity contribution in [1.82, 2.24) is 0 Å². The molecule has 1 atom stereocenters. The number of ether oxygens (including phenoxy) is 1. The van der Waals surface area contributed by atoms with E-state index in [0.29, 0.717) is 4.11 Å². The highest BCUT2D eigenvalue weighted by molar-refractivity contribution is 14.1. The number of alkyl halides is 1. The quantitative estimate of drug-likeness (QED) is 0.521. The predicted molar refractivity (Wildman–Crippen MR) is 64.5 cm³/mol. The molecule has 1 aliphatic heterocycles. The Kier molecular flexibility index (Phi) is 4.56.